The third-order valence-corrected chi connectivity index (χ3v) is 4.20. The third kappa shape index (κ3) is 4.80. The molecule has 0 saturated heterocycles. The zero-order chi connectivity index (χ0) is 21.9. The number of hydrogen-bond donors (Lipinski definition) is 2. The molecule has 0 bridgehead atoms. The van der Waals surface area contributed by atoms with Gasteiger partial charge in [0.25, 0.3) is 11.8 Å². The molecule has 2 aromatic carbocycles. The largest absolute Gasteiger partial charge is 0.459 e. The van der Waals surface area contributed by atoms with Crippen molar-refractivity contribution in [2.75, 3.05) is 29.6 Å². The van der Waals surface area contributed by atoms with E-state index in [1.165, 1.54) is 47.6 Å². The Morgan fingerprint density at radius 3 is 2.33 bits per heavy atom. The maximum absolute atomic E-state index is 13.5. The Morgan fingerprint density at radius 2 is 1.70 bits per heavy atom. The summed E-state index contributed by atoms with van der Waals surface area (Å²) in [7, 11) is 3.24. The second kappa shape index (κ2) is 8.32. The van der Waals surface area contributed by atoms with Gasteiger partial charge in [-0.1, -0.05) is 6.07 Å². The maximum atomic E-state index is 13.5. The molecule has 0 atom stereocenters. The molecular formula is C21H18F3N3O3. The second-order valence-electron chi connectivity index (χ2n) is 6.59. The van der Waals surface area contributed by atoms with Crippen LogP contribution in [0, 0.1) is 0 Å². The summed E-state index contributed by atoms with van der Waals surface area (Å²) in [6, 6.07) is 12.5. The predicted octanol–water partition coefficient (Wildman–Crippen LogP) is 4.87. The zero-order valence-electron chi connectivity index (χ0n) is 16.1. The van der Waals surface area contributed by atoms with Gasteiger partial charge < -0.3 is 20.0 Å². The Balaban J connectivity index is 1.82. The van der Waals surface area contributed by atoms with E-state index < -0.39 is 23.6 Å². The van der Waals surface area contributed by atoms with Crippen molar-refractivity contribution in [3.63, 3.8) is 0 Å². The van der Waals surface area contributed by atoms with Crippen LogP contribution in [0.25, 0.3) is 0 Å². The molecule has 156 valence electrons. The van der Waals surface area contributed by atoms with Crippen LogP contribution in [0.15, 0.2) is 65.3 Å². The van der Waals surface area contributed by atoms with Crippen LogP contribution in [0.1, 0.15) is 26.5 Å². The molecule has 0 saturated carbocycles. The molecule has 0 aliphatic carbocycles. The SMILES string of the molecule is CN(C)c1ccc(NC(=O)c2cccc(NC(=O)c3ccco3)c2)c(C(F)(F)F)c1. The van der Waals surface area contributed by atoms with Crippen molar-refractivity contribution in [2.45, 2.75) is 6.18 Å². The standard InChI is InChI=1S/C21H18F3N3O3/c1-27(2)15-8-9-17(16(12-15)21(22,23)24)26-19(28)13-5-3-6-14(11-13)25-20(29)18-7-4-10-30-18/h3-12H,1-2H3,(H,25,29)(H,26,28). The van der Waals surface area contributed by atoms with Crippen molar-refractivity contribution in [1.82, 2.24) is 0 Å². The number of furan rings is 1. The topological polar surface area (TPSA) is 74.6 Å². The minimum absolute atomic E-state index is 0.0806. The number of carbonyl (C=O) groups excluding carboxylic acids is 2. The first-order chi connectivity index (χ1) is 14.1. The Labute approximate surface area is 170 Å². The lowest BCUT2D eigenvalue weighted by molar-refractivity contribution is -0.136. The Bertz CT molecular complexity index is 1060. The number of halogens is 3. The van der Waals surface area contributed by atoms with Gasteiger partial charge in [0, 0.05) is 31.0 Å². The van der Waals surface area contributed by atoms with Crippen LogP contribution in [-0.2, 0) is 6.18 Å². The highest BCUT2D eigenvalue weighted by Crippen LogP contribution is 2.37. The van der Waals surface area contributed by atoms with Gasteiger partial charge in [-0.15, -0.1) is 0 Å². The highest BCUT2D eigenvalue weighted by atomic mass is 19.4. The van der Waals surface area contributed by atoms with Crippen LogP contribution >= 0.6 is 0 Å². The van der Waals surface area contributed by atoms with E-state index in [-0.39, 0.29) is 17.0 Å². The molecule has 0 fully saturated rings. The molecule has 3 aromatic rings. The van der Waals surface area contributed by atoms with Gasteiger partial charge in [0.15, 0.2) is 5.76 Å². The smallest absolute Gasteiger partial charge is 0.418 e. The number of amides is 2. The number of nitrogens with zero attached hydrogens (tertiary/aromatic N) is 1. The molecule has 1 heterocycles. The lowest BCUT2D eigenvalue weighted by atomic mass is 10.1. The van der Waals surface area contributed by atoms with Crippen molar-refractivity contribution in [1.29, 1.82) is 0 Å². The average molecular weight is 417 g/mol. The predicted molar refractivity (Wildman–Crippen MR) is 107 cm³/mol. The van der Waals surface area contributed by atoms with Crippen molar-refractivity contribution in [3.8, 4) is 0 Å². The van der Waals surface area contributed by atoms with Gasteiger partial charge >= 0.3 is 6.18 Å². The molecule has 2 N–H and O–H groups in total. The molecule has 0 spiro atoms. The molecule has 0 unspecified atom stereocenters. The summed E-state index contributed by atoms with van der Waals surface area (Å²) in [6.45, 7) is 0. The van der Waals surface area contributed by atoms with E-state index in [9.17, 15) is 22.8 Å². The summed E-state index contributed by atoms with van der Waals surface area (Å²) < 4.78 is 45.4. The molecule has 0 radical (unpaired) electrons. The first-order valence-electron chi connectivity index (χ1n) is 8.80. The van der Waals surface area contributed by atoms with Gasteiger partial charge in [-0.3, -0.25) is 9.59 Å². The lowest BCUT2D eigenvalue weighted by Gasteiger charge is -2.19. The number of benzene rings is 2. The molecule has 3 rings (SSSR count). The van der Waals surface area contributed by atoms with Crippen molar-refractivity contribution >= 4 is 28.9 Å². The van der Waals surface area contributed by atoms with Gasteiger partial charge in [-0.25, -0.2) is 0 Å². The molecule has 6 nitrogen and oxygen atoms in total. The molecule has 30 heavy (non-hydrogen) atoms. The summed E-state index contributed by atoms with van der Waals surface area (Å²) in [5, 5.41) is 4.86. The number of anilines is 3. The first-order valence-corrected chi connectivity index (χ1v) is 8.80. The fourth-order valence-corrected chi connectivity index (χ4v) is 2.69. The average Bonchev–Trinajstić information content (AvgIpc) is 3.22. The first kappa shape index (κ1) is 21.0. The highest BCUT2D eigenvalue weighted by Gasteiger charge is 2.34. The molecule has 9 heteroatoms. The molecule has 0 aliphatic rings. The maximum Gasteiger partial charge on any atom is 0.418 e. The summed E-state index contributed by atoms with van der Waals surface area (Å²) in [5.41, 5.74) is -0.587. The number of alkyl halides is 3. The number of hydrogen-bond acceptors (Lipinski definition) is 4. The van der Waals surface area contributed by atoms with E-state index in [1.54, 1.807) is 26.2 Å². The summed E-state index contributed by atoms with van der Waals surface area (Å²) in [6.07, 6.45) is -3.30. The summed E-state index contributed by atoms with van der Waals surface area (Å²) >= 11 is 0. The van der Waals surface area contributed by atoms with E-state index in [0.29, 0.717) is 11.4 Å². The molecule has 2 amide bonds. The quantitative estimate of drug-likeness (QED) is 0.621. The van der Waals surface area contributed by atoms with Crippen LogP contribution in [0.3, 0.4) is 0 Å². The van der Waals surface area contributed by atoms with Crippen molar-refractivity contribution < 1.29 is 27.2 Å². The fraction of sp³-hybridized carbons (Fsp3) is 0.143. The monoisotopic (exact) mass is 417 g/mol. The minimum Gasteiger partial charge on any atom is -0.459 e. The van der Waals surface area contributed by atoms with E-state index in [4.69, 9.17) is 4.42 Å². The molecule has 1 aromatic heterocycles. The Kier molecular flexibility index (Phi) is 5.81. The van der Waals surface area contributed by atoms with Crippen LogP contribution in [0.2, 0.25) is 0 Å². The van der Waals surface area contributed by atoms with Crippen LogP contribution < -0.4 is 15.5 Å². The van der Waals surface area contributed by atoms with Crippen molar-refractivity contribution in [2.24, 2.45) is 0 Å². The van der Waals surface area contributed by atoms with Gasteiger partial charge in [0.05, 0.1) is 17.5 Å². The summed E-state index contributed by atoms with van der Waals surface area (Å²) in [4.78, 5) is 26.1. The van der Waals surface area contributed by atoms with Gasteiger partial charge in [0.2, 0.25) is 0 Å². The highest BCUT2D eigenvalue weighted by molar-refractivity contribution is 6.07. The van der Waals surface area contributed by atoms with E-state index in [0.717, 1.165) is 6.07 Å². The Morgan fingerprint density at radius 1 is 0.933 bits per heavy atom. The zero-order valence-corrected chi connectivity index (χ0v) is 16.1. The van der Waals surface area contributed by atoms with E-state index >= 15 is 0 Å². The number of rotatable bonds is 5. The fourth-order valence-electron chi connectivity index (χ4n) is 2.69. The van der Waals surface area contributed by atoms with Gasteiger partial charge in [-0.05, 0) is 48.5 Å². The molecule has 0 aliphatic heterocycles. The molecular weight excluding hydrogens is 399 g/mol. The Hall–Kier alpha value is -3.75. The van der Waals surface area contributed by atoms with Crippen molar-refractivity contribution in [3.05, 3.63) is 77.7 Å². The number of nitrogens with one attached hydrogen (secondary N) is 2. The van der Waals surface area contributed by atoms with Gasteiger partial charge in [0.1, 0.15) is 0 Å². The third-order valence-electron chi connectivity index (χ3n) is 4.20. The van der Waals surface area contributed by atoms with Crippen LogP contribution in [-0.4, -0.2) is 25.9 Å². The van der Waals surface area contributed by atoms with Gasteiger partial charge in [-0.2, -0.15) is 13.2 Å². The lowest BCUT2D eigenvalue weighted by Crippen LogP contribution is -2.18. The summed E-state index contributed by atoms with van der Waals surface area (Å²) in [5.74, 6) is -1.18. The van der Waals surface area contributed by atoms with E-state index in [1.807, 2.05) is 0 Å². The number of carbonyl (C=O) groups is 2. The van der Waals surface area contributed by atoms with Crippen LogP contribution in [0.4, 0.5) is 30.2 Å². The second-order valence-corrected chi connectivity index (χ2v) is 6.59. The minimum atomic E-state index is -4.65. The van der Waals surface area contributed by atoms with E-state index in [2.05, 4.69) is 10.6 Å². The normalized spacial score (nSPS) is 11.1. The van der Waals surface area contributed by atoms with Crippen LogP contribution in [0.5, 0.6) is 0 Å².